The highest BCUT2D eigenvalue weighted by molar-refractivity contribution is 5.86. The van der Waals surface area contributed by atoms with Crippen molar-refractivity contribution < 1.29 is 24.0 Å². The van der Waals surface area contributed by atoms with E-state index in [0.29, 0.717) is 54.5 Å². The first kappa shape index (κ1) is 27.6. The van der Waals surface area contributed by atoms with Crippen LogP contribution in [0.2, 0.25) is 0 Å². The summed E-state index contributed by atoms with van der Waals surface area (Å²) in [4.78, 5) is 30.9. The summed E-state index contributed by atoms with van der Waals surface area (Å²) in [6, 6.07) is 12.4. The Kier molecular flexibility index (Phi) is 7.90. The number of rotatable bonds is 6. The zero-order valence-corrected chi connectivity index (χ0v) is 22.8. The number of nitriles is 1. The van der Waals surface area contributed by atoms with Crippen LogP contribution >= 0.6 is 0 Å². The highest BCUT2D eigenvalue weighted by Crippen LogP contribution is 2.29. The molecule has 1 aromatic heterocycles. The fourth-order valence-electron chi connectivity index (χ4n) is 4.60. The monoisotopic (exact) mass is 531 g/mol. The smallest absolute Gasteiger partial charge is 0.405 e. The average Bonchev–Trinajstić information content (AvgIpc) is 3.27. The van der Waals surface area contributed by atoms with Gasteiger partial charge in [-0.3, -0.25) is 4.79 Å². The highest BCUT2D eigenvalue weighted by atomic mass is 16.5. The molecule has 10 heteroatoms. The Labute approximate surface area is 227 Å². The van der Waals surface area contributed by atoms with Gasteiger partial charge in [-0.15, -0.1) is 0 Å². The molecule has 4 rings (SSSR count). The second-order valence-electron chi connectivity index (χ2n) is 11.0. The van der Waals surface area contributed by atoms with Crippen LogP contribution in [0.25, 0.3) is 22.8 Å². The molecule has 3 aromatic rings. The van der Waals surface area contributed by atoms with Crippen LogP contribution in [0.1, 0.15) is 51.3 Å². The van der Waals surface area contributed by atoms with E-state index in [1.165, 1.54) is 0 Å². The van der Waals surface area contributed by atoms with Crippen LogP contribution < -0.4 is 10.1 Å². The van der Waals surface area contributed by atoms with Crippen molar-refractivity contribution in [2.24, 2.45) is 5.41 Å². The highest BCUT2D eigenvalue weighted by Gasteiger charge is 2.36. The van der Waals surface area contributed by atoms with Gasteiger partial charge in [-0.05, 0) is 67.5 Å². The molecule has 1 aliphatic rings. The molecule has 10 nitrogen and oxygen atoms in total. The first-order chi connectivity index (χ1) is 18.5. The van der Waals surface area contributed by atoms with Crippen molar-refractivity contribution in [3.8, 4) is 34.7 Å². The third-order valence-corrected chi connectivity index (χ3v) is 6.59. The average molecular weight is 532 g/mol. The zero-order valence-electron chi connectivity index (χ0n) is 22.8. The molecule has 0 saturated heterocycles. The van der Waals surface area contributed by atoms with Gasteiger partial charge in [0, 0.05) is 24.2 Å². The largest absolute Gasteiger partial charge is 0.490 e. The summed E-state index contributed by atoms with van der Waals surface area (Å²) in [5, 5.41) is 25.3. The number of ether oxygens (including phenoxy) is 1. The Morgan fingerprint density at radius 3 is 2.44 bits per heavy atom. The molecular formula is C29H33N5O5. The number of carboxylic acid groups (broad SMARTS) is 1. The van der Waals surface area contributed by atoms with Gasteiger partial charge < -0.3 is 24.6 Å². The summed E-state index contributed by atoms with van der Waals surface area (Å²) in [6.07, 6.45) is 0.00331. The van der Waals surface area contributed by atoms with E-state index in [0.717, 1.165) is 16.7 Å². The standard InChI is InChI=1S/C29H33N5O5/c1-17(2)38-23-9-8-21(15-22(23)16-30)26-32-25(33-39-26)20-7-6-18-10-12-34(13-11-19(18)14-20)27(35)24(29(3,4)5)31-28(36)37/h6-9,14-15,17,24,31H,10-13H2,1-5H3,(H,36,37). The molecular weight excluding hydrogens is 498 g/mol. The van der Waals surface area contributed by atoms with Crippen LogP contribution in [0.15, 0.2) is 40.9 Å². The van der Waals surface area contributed by atoms with Gasteiger partial charge in [-0.2, -0.15) is 10.2 Å². The van der Waals surface area contributed by atoms with Gasteiger partial charge in [0.15, 0.2) is 0 Å². The molecule has 0 bridgehead atoms. The molecule has 0 aliphatic carbocycles. The first-order valence-electron chi connectivity index (χ1n) is 12.9. The van der Waals surface area contributed by atoms with E-state index < -0.39 is 17.6 Å². The van der Waals surface area contributed by atoms with Gasteiger partial charge in [0.2, 0.25) is 11.7 Å². The Morgan fingerprint density at radius 1 is 1.10 bits per heavy atom. The third-order valence-electron chi connectivity index (χ3n) is 6.59. The predicted octanol–water partition coefficient (Wildman–Crippen LogP) is 4.67. The number of fused-ring (bicyclic) bond motifs is 1. The number of aromatic nitrogens is 2. The van der Waals surface area contributed by atoms with Crippen LogP contribution in [0.5, 0.6) is 5.75 Å². The van der Waals surface area contributed by atoms with Gasteiger partial charge in [0.05, 0.1) is 11.7 Å². The maximum atomic E-state index is 13.3. The second kappa shape index (κ2) is 11.2. The second-order valence-corrected chi connectivity index (χ2v) is 11.0. The third kappa shape index (κ3) is 6.37. The number of hydrogen-bond donors (Lipinski definition) is 2. The number of benzene rings is 2. The molecule has 204 valence electrons. The fraction of sp³-hybridized carbons (Fsp3) is 0.414. The molecule has 0 radical (unpaired) electrons. The molecule has 0 spiro atoms. The SMILES string of the molecule is CC(C)Oc1ccc(-c2nc(-c3ccc4c(c3)CCN(C(=O)C(NC(=O)O)C(C)(C)C)CC4)no2)cc1C#N. The number of amides is 2. The van der Waals surface area contributed by atoms with E-state index in [2.05, 4.69) is 21.5 Å². The molecule has 2 aromatic carbocycles. The summed E-state index contributed by atoms with van der Waals surface area (Å²) < 4.78 is 11.2. The molecule has 0 fully saturated rings. The molecule has 39 heavy (non-hydrogen) atoms. The minimum atomic E-state index is -1.21. The number of carbonyl (C=O) groups excluding carboxylic acids is 1. The number of nitrogens with one attached hydrogen (secondary N) is 1. The van der Waals surface area contributed by atoms with Crippen molar-refractivity contribution in [1.82, 2.24) is 20.4 Å². The fourth-order valence-corrected chi connectivity index (χ4v) is 4.60. The first-order valence-corrected chi connectivity index (χ1v) is 12.9. The molecule has 0 saturated carbocycles. The van der Waals surface area contributed by atoms with Crippen molar-refractivity contribution in [1.29, 1.82) is 5.26 Å². The van der Waals surface area contributed by atoms with E-state index in [-0.39, 0.29) is 12.0 Å². The minimum absolute atomic E-state index is 0.0577. The summed E-state index contributed by atoms with van der Waals surface area (Å²) >= 11 is 0. The lowest BCUT2D eigenvalue weighted by Crippen LogP contribution is -2.54. The lowest BCUT2D eigenvalue weighted by atomic mass is 9.86. The summed E-state index contributed by atoms with van der Waals surface area (Å²) in [5.74, 6) is 0.997. The Balaban J connectivity index is 1.52. The van der Waals surface area contributed by atoms with Crippen molar-refractivity contribution in [3.63, 3.8) is 0 Å². The summed E-state index contributed by atoms with van der Waals surface area (Å²) in [5.41, 5.74) is 3.42. The van der Waals surface area contributed by atoms with Gasteiger partial charge in [-0.25, -0.2) is 4.79 Å². The van der Waals surface area contributed by atoms with Crippen molar-refractivity contribution in [2.45, 2.75) is 59.6 Å². The minimum Gasteiger partial charge on any atom is -0.490 e. The van der Waals surface area contributed by atoms with Crippen molar-refractivity contribution in [2.75, 3.05) is 13.1 Å². The van der Waals surface area contributed by atoms with Gasteiger partial charge in [0.25, 0.3) is 5.89 Å². The van der Waals surface area contributed by atoms with Crippen LogP contribution in [-0.2, 0) is 17.6 Å². The molecule has 1 atom stereocenters. The van der Waals surface area contributed by atoms with Crippen LogP contribution in [0.4, 0.5) is 4.79 Å². The number of carbonyl (C=O) groups is 2. The normalized spacial score (nSPS) is 14.2. The van der Waals surface area contributed by atoms with Crippen molar-refractivity contribution >= 4 is 12.0 Å². The van der Waals surface area contributed by atoms with Crippen LogP contribution in [0.3, 0.4) is 0 Å². The van der Waals surface area contributed by atoms with Gasteiger partial charge >= 0.3 is 6.09 Å². The maximum absolute atomic E-state index is 13.3. The summed E-state index contributed by atoms with van der Waals surface area (Å²) in [7, 11) is 0. The lowest BCUT2D eigenvalue weighted by Gasteiger charge is -2.33. The molecule has 1 aliphatic heterocycles. The van der Waals surface area contributed by atoms with E-state index in [9.17, 15) is 20.0 Å². The lowest BCUT2D eigenvalue weighted by molar-refractivity contribution is -0.135. The quantitative estimate of drug-likeness (QED) is 0.467. The summed E-state index contributed by atoms with van der Waals surface area (Å²) in [6.45, 7) is 10.3. The van der Waals surface area contributed by atoms with Crippen molar-refractivity contribution in [3.05, 3.63) is 53.1 Å². The van der Waals surface area contributed by atoms with E-state index in [1.807, 2.05) is 52.8 Å². The Morgan fingerprint density at radius 2 is 1.79 bits per heavy atom. The zero-order chi connectivity index (χ0) is 28.3. The van der Waals surface area contributed by atoms with Crippen LogP contribution in [0, 0.1) is 16.7 Å². The van der Waals surface area contributed by atoms with E-state index in [1.54, 1.807) is 23.1 Å². The maximum Gasteiger partial charge on any atom is 0.405 e. The molecule has 1 unspecified atom stereocenters. The van der Waals surface area contributed by atoms with Gasteiger partial charge in [-0.1, -0.05) is 38.1 Å². The van der Waals surface area contributed by atoms with Gasteiger partial charge in [0.1, 0.15) is 17.9 Å². The Bertz CT molecular complexity index is 1420. The molecule has 2 heterocycles. The van der Waals surface area contributed by atoms with E-state index in [4.69, 9.17) is 9.26 Å². The topological polar surface area (TPSA) is 142 Å². The number of hydrogen-bond acceptors (Lipinski definition) is 7. The molecule has 2 N–H and O–H groups in total. The molecule has 2 amide bonds. The van der Waals surface area contributed by atoms with E-state index >= 15 is 0 Å². The predicted molar refractivity (Wildman–Crippen MR) is 144 cm³/mol. The van der Waals surface area contributed by atoms with Crippen LogP contribution in [-0.4, -0.2) is 57.4 Å². The number of nitrogens with zero attached hydrogens (tertiary/aromatic N) is 4. The Hall–Kier alpha value is -4.39.